The van der Waals surface area contributed by atoms with Crippen molar-refractivity contribution in [2.45, 2.75) is 25.9 Å². The van der Waals surface area contributed by atoms with Crippen LogP contribution in [-0.4, -0.2) is 53.6 Å². The number of hydrogen-bond donors (Lipinski definition) is 4. The fraction of sp³-hybridized carbons (Fsp3) is 0.240. The lowest BCUT2D eigenvalue weighted by Crippen LogP contribution is -2.48. The summed E-state index contributed by atoms with van der Waals surface area (Å²) in [7, 11) is 1.21. The number of fused-ring (bicyclic) bond motifs is 1. The van der Waals surface area contributed by atoms with Gasteiger partial charge in [-0.1, -0.05) is 25.1 Å². The zero-order chi connectivity index (χ0) is 26.4. The predicted octanol–water partition coefficient (Wildman–Crippen LogP) is 2.88. The molecule has 0 saturated heterocycles. The molecule has 0 saturated carbocycles. The average Bonchev–Trinajstić information content (AvgIpc) is 3.69. The molecule has 0 aliphatic carbocycles. The standard InChI is InChI=1S/C25H25N5O5S2/c1-3-14-10-20(23(32)26-11-15-6-4-7-17-16(15)12-28-30-17)37-21(14)24(33)29-18(25(34)35-2)13-27-22(31)19-8-5-9-36-19/h4-10,12,18H,3,11,13H2,1-2H3,(H,26,32)(H,27,31)(H,28,30)(H,29,33). The second-order valence-corrected chi connectivity index (χ2v) is 9.99. The Morgan fingerprint density at radius 3 is 2.57 bits per heavy atom. The number of carbonyl (C=O) groups is 4. The SMILES string of the molecule is CCc1cc(C(=O)NCc2cccc3[nH]ncc23)sc1C(=O)NC(CNC(=O)c1cccs1)C(=O)OC. The molecule has 12 heteroatoms. The maximum atomic E-state index is 13.1. The molecule has 0 spiro atoms. The fourth-order valence-electron chi connectivity index (χ4n) is 3.69. The van der Waals surface area contributed by atoms with Crippen molar-refractivity contribution in [1.82, 2.24) is 26.1 Å². The van der Waals surface area contributed by atoms with Gasteiger partial charge < -0.3 is 20.7 Å². The van der Waals surface area contributed by atoms with E-state index in [4.69, 9.17) is 4.74 Å². The van der Waals surface area contributed by atoms with Crippen LogP contribution >= 0.6 is 22.7 Å². The number of amides is 3. The number of methoxy groups -OCH3 is 1. The molecule has 4 N–H and O–H groups in total. The Balaban J connectivity index is 1.43. The Morgan fingerprint density at radius 2 is 1.84 bits per heavy atom. The van der Waals surface area contributed by atoms with Crippen LogP contribution in [-0.2, 0) is 22.5 Å². The average molecular weight is 540 g/mol. The second-order valence-electron chi connectivity index (χ2n) is 7.99. The molecule has 37 heavy (non-hydrogen) atoms. The highest BCUT2D eigenvalue weighted by molar-refractivity contribution is 7.16. The number of H-pyrrole nitrogens is 1. The summed E-state index contributed by atoms with van der Waals surface area (Å²) >= 11 is 2.31. The molecule has 0 aliphatic rings. The van der Waals surface area contributed by atoms with E-state index in [1.54, 1.807) is 29.8 Å². The normalized spacial score (nSPS) is 11.6. The molecule has 3 heterocycles. The molecule has 192 valence electrons. The van der Waals surface area contributed by atoms with Gasteiger partial charge in [-0.2, -0.15) is 5.10 Å². The molecule has 0 bridgehead atoms. The van der Waals surface area contributed by atoms with E-state index < -0.39 is 17.9 Å². The quantitative estimate of drug-likeness (QED) is 0.228. The Morgan fingerprint density at radius 1 is 1.03 bits per heavy atom. The summed E-state index contributed by atoms with van der Waals surface area (Å²) in [5.74, 6) is -1.88. The van der Waals surface area contributed by atoms with Crippen LogP contribution in [0.25, 0.3) is 10.9 Å². The minimum Gasteiger partial charge on any atom is -0.467 e. The number of carbonyl (C=O) groups excluding carboxylic acids is 4. The Kier molecular flexibility index (Phi) is 8.31. The fourth-order valence-corrected chi connectivity index (χ4v) is 5.40. The summed E-state index contributed by atoms with van der Waals surface area (Å²) < 4.78 is 4.80. The molecule has 0 aliphatic heterocycles. The number of hydrogen-bond acceptors (Lipinski definition) is 8. The molecule has 1 unspecified atom stereocenters. The molecule has 0 fully saturated rings. The van der Waals surface area contributed by atoms with Crippen LogP contribution < -0.4 is 16.0 Å². The number of aromatic amines is 1. The molecule has 0 radical (unpaired) electrons. The maximum Gasteiger partial charge on any atom is 0.330 e. The highest BCUT2D eigenvalue weighted by Gasteiger charge is 2.26. The second kappa shape index (κ2) is 11.8. The van der Waals surface area contributed by atoms with E-state index in [9.17, 15) is 19.2 Å². The van der Waals surface area contributed by atoms with E-state index in [1.165, 1.54) is 18.4 Å². The van der Waals surface area contributed by atoms with Crippen LogP contribution in [0.3, 0.4) is 0 Å². The zero-order valence-electron chi connectivity index (χ0n) is 20.1. The van der Waals surface area contributed by atoms with E-state index in [2.05, 4.69) is 26.1 Å². The molecule has 3 aromatic heterocycles. The third-order valence-electron chi connectivity index (χ3n) is 5.64. The number of aromatic nitrogens is 2. The van der Waals surface area contributed by atoms with E-state index >= 15 is 0 Å². The number of rotatable bonds is 10. The number of esters is 1. The highest BCUT2D eigenvalue weighted by Crippen LogP contribution is 2.24. The van der Waals surface area contributed by atoms with Crippen LogP contribution in [0.5, 0.6) is 0 Å². The van der Waals surface area contributed by atoms with Gasteiger partial charge in [0.05, 0.1) is 33.5 Å². The number of benzene rings is 1. The van der Waals surface area contributed by atoms with Crippen LogP contribution in [0.1, 0.15) is 47.1 Å². The third kappa shape index (κ3) is 6.04. The Hall–Kier alpha value is -4.03. The molecular weight excluding hydrogens is 514 g/mol. The lowest BCUT2D eigenvalue weighted by atomic mass is 10.1. The first-order chi connectivity index (χ1) is 17.9. The van der Waals surface area contributed by atoms with Crippen molar-refractivity contribution in [3.63, 3.8) is 0 Å². The number of nitrogens with one attached hydrogen (secondary N) is 4. The van der Waals surface area contributed by atoms with E-state index in [-0.39, 0.29) is 18.4 Å². The van der Waals surface area contributed by atoms with Crippen LogP contribution in [0, 0.1) is 0 Å². The number of ether oxygens (including phenoxy) is 1. The molecule has 10 nitrogen and oxygen atoms in total. The van der Waals surface area contributed by atoms with Gasteiger partial charge >= 0.3 is 5.97 Å². The van der Waals surface area contributed by atoms with Crippen molar-refractivity contribution < 1.29 is 23.9 Å². The monoisotopic (exact) mass is 539 g/mol. The van der Waals surface area contributed by atoms with Gasteiger partial charge in [-0.25, -0.2) is 4.79 Å². The third-order valence-corrected chi connectivity index (χ3v) is 7.68. The van der Waals surface area contributed by atoms with Crippen molar-refractivity contribution in [2.24, 2.45) is 0 Å². The minimum absolute atomic E-state index is 0.144. The minimum atomic E-state index is -1.10. The van der Waals surface area contributed by atoms with Gasteiger partial charge in [-0.3, -0.25) is 19.5 Å². The molecular formula is C25H25N5O5S2. The largest absolute Gasteiger partial charge is 0.467 e. The Labute approximate surface area is 220 Å². The summed E-state index contributed by atoms with van der Waals surface area (Å²) in [6.07, 6.45) is 2.22. The molecule has 1 aromatic carbocycles. The van der Waals surface area contributed by atoms with Gasteiger partial charge in [0.25, 0.3) is 17.7 Å². The Bertz CT molecular complexity index is 1430. The molecule has 4 aromatic rings. The van der Waals surface area contributed by atoms with Crippen LogP contribution in [0.2, 0.25) is 0 Å². The summed E-state index contributed by atoms with van der Waals surface area (Å²) in [5, 5.41) is 17.8. The summed E-state index contributed by atoms with van der Waals surface area (Å²) in [4.78, 5) is 51.7. The molecule has 4 rings (SSSR count). The van der Waals surface area contributed by atoms with Crippen molar-refractivity contribution in [2.75, 3.05) is 13.7 Å². The summed E-state index contributed by atoms with van der Waals surface area (Å²) in [6, 6.07) is 9.68. The maximum absolute atomic E-state index is 13.1. The number of nitrogens with zero attached hydrogens (tertiary/aromatic N) is 1. The molecule has 3 amide bonds. The van der Waals surface area contributed by atoms with E-state index in [0.717, 1.165) is 27.8 Å². The van der Waals surface area contributed by atoms with Gasteiger partial charge in [0.1, 0.15) is 6.04 Å². The highest BCUT2D eigenvalue weighted by atomic mass is 32.1. The van der Waals surface area contributed by atoms with Gasteiger partial charge in [0, 0.05) is 18.5 Å². The van der Waals surface area contributed by atoms with E-state index in [1.807, 2.05) is 25.1 Å². The first-order valence-corrected chi connectivity index (χ1v) is 13.1. The zero-order valence-corrected chi connectivity index (χ0v) is 21.8. The summed E-state index contributed by atoms with van der Waals surface area (Å²) in [6.45, 7) is 2.03. The van der Waals surface area contributed by atoms with Gasteiger partial charge in [-0.05, 0) is 41.1 Å². The molecule has 1 atom stereocenters. The van der Waals surface area contributed by atoms with Crippen molar-refractivity contribution in [1.29, 1.82) is 0 Å². The van der Waals surface area contributed by atoms with Crippen molar-refractivity contribution in [3.05, 3.63) is 73.7 Å². The van der Waals surface area contributed by atoms with Gasteiger partial charge in [-0.15, -0.1) is 22.7 Å². The lowest BCUT2D eigenvalue weighted by molar-refractivity contribution is -0.142. The first-order valence-electron chi connectivity index (χ1n) is 11.4. The number of thiophene rings is 2. The smallest absolute Gasteiger partial charge is 0.330 e. The van der Waals surface area contributed by atoms with Crippen LogP contribution in [0.15, 0.2) is 48.0 Å². The van der Waals surface area contributed by atoms with E-state index in [0.29, 0.717) is 33.2 Å². The first kappa shape index (κ1) is 26.0. The van der Waals surface area contributed by atoms with Gasteiger partial charge in [0.2, 0.25) is 0 Å². The topological polar surface area (TPSA) is 142 Å². The predicted molar refractivity (Wildman–Crippen MR) is 141 cm³/mol. The van der Waals surface area contributed by atoms with Gasteiger partial charge in [0.15, 0.2) is 0 Å². The summed E-state index contributed by atoms with van der Waals surface area (Å²) in [5.41, 5.74) is 2.47. The van der Waals surface area contributed by atoms with Crippen molar-refractivity contribution in [3.8, 4) is 0 Å². The lowest BCUT2D eigenvalue weighted by Gasteiger charge is -2.17. The van der Waals surface area contributed by atoms with Crippen LogP contribution in [0.4, 0.5) is 0 Å². The number of aryl methyl sites for hydroxylation is 1. The van der Waals surface area contributed by atoms with Crippen molar-refractivity contribution >= 4 is 57.3 Å².